The molecular formula is C24H29N3O3. The number of nitrogens with zero attached hydrogens (tertiary/aromatic N) is 3. The summed E-state index contributed by atoms with van der Waals surface area (Å²) in [4.78, 5) is 21.3. The first-order chi connectivity index (χ1) is 14.7. The maximum absolute atomic E-state index is 12.2. The van der Waals surface area contributed by atoms with Gasteiger partial charge in [0.2, 0.25) is 0 Å². The Kier molecular flexibility index (Phi) is 8.25. The molecule has 2 heterocycles. The van der Waals surface area contributed by atoms with Crippen molar-refractivity contribution in [2.24, 2.45) is 0 Å². The van der Waals surface area contributed by atoms with E-state index in [-0.39, 0.29) is 5.69 Å². The predicted molar refractivity (Wildman–Crippen MR) is 116 cm³/mol. The number of methoxy groups -OCH3 is 1. The monoisotopic (exact) mass is 407 g/mol. The maximum Gasteiger partial charge on any atom is 0.360 e. The lowest BCUT2D eigenvalue weighted by molar-refractivity contribution is 0.0588. The van der Waals surface area contributed by atoms with Gasteiger partial charge in [0.1, 0.15) is 12.3 Å². The van der Waals surface area contributed by atoms with Crippen LogP contribution in [0.2, 0.25) is 0 Å². The molecule has 1 aromatic heterocycles. The molecule has 0 aliphatic carbocycles. The van der Waals surface area contributed by atoms with Crippen LogP contribution in [0.25, 0.3) is 0 Å². The van der Waals surface area contributed by atoms with E-state index < -0.39 is 5.97 Å². The number of piperazine rings is 1. The lowest BCUT2D eigenvalue weighted by Gasteiger charge is -2.32. The van der Waals surface area contributed by atoms with Crippen molar-refractivity contribution in [2.45, 2.75) is 19.4 Å². The molecule has 0 bridgehead atoms. The van der Waals surface area contributed by atoms with Gasteiger partial charge in [-0.15, -0.1) is 0 Å². The fraction of sp³-hybridized carbons (Fsp3) is 0.417. The number of rotatable bonds is 7. The molecule has 2 aromatic rings. The van der Waals surface area contributed by atoms with E-state index in [1.807, 2.05) is 30.3 Å². The molecule has 0 unspecified atom stereocenters. The summed E-state index contributed by atoms with van der Waals surface area (Å²) in [5, 5.41) is 0. The molecule has 1 aliphatic rings. The summed E-state index contributed by atoms with van der Waals surface area (Å²) in [6, 6.07) is 13.3. The van der Waals surface area contributed by atoms with E-state index in [2.05, 4.69) is 33.7 Å². The minimum absolute atomic E-state index is 0.151. The van der Waals surface area contributed by atoms with Gasteiger partial charge in [-0.25, -0.2) is 9.78 Å². The summed E-state index contributed by atoms with van der Waals surface area (Å²) in [5.41, 5.74) is 1.71. The van der Waals surface area contributed by atoms with Crippen molar-refractivity contribution in [3.8, 4) is 17.6 Å². The van der Waals surface area contributed by atoms with Gasteiger partial charge in [0, 0.05) is 32.6 Å². The van der Waals surface area contributed by atoms with Crippen LogP contribution in [0.1, 0.15) is 34.6 Å². The van der Waals surface area contributed by atoms with E-state index >= 15 is 0 Å². The molecule has 0 spiro atoms. The number of hydrogen-bond donors (Lipinski definition) is 0. The predicted octanol–water partition coefficient (Wildman–Crippen LogP) is 2.83. The molecule has 158 valence electrons. The third-order valence-electron chi connectivity index (χ3n) is 5.06. The Morgan fingerprint density at radius 1 is 1.10 bits per heavy atom. The molecule has 1 aromatic carbocycles. The first-order valence-corrected chi connectivity index (χ1v) is 10.3. The van der Waals surface area contributed by atoms with Crippen LogP contribution in [0, 0.1) is 11.8 Å². The summed E-state index contributed by atoms with van der Waals surface area (Å²) in [6.07, 6.45) is 1.83. The van der Waals surface area contributed by atoms with Crippen LogP contribution < -0.4 is 4.74 Å². The van der Waals surface area contributed by atoms with Gasteiger partial charge in [-0.2, -0.15) is 0 Å². The molecule has 0 atom stereocenters. The zero-order valence-corrected chi connectivity index (χ0v) is 17.8. The molecule has 0 radical (unpaired) electrons. The fourth-order valence-electron chi connectivity index (χ4n) is 3.23. The van der Waals surface area contributed by atoms with Crippen molar-refractivity contribution in [2.75, 3.05) is 46.9 Å². The number of esters is 1. The van der Waals surface area contributed by atoms with Crippen LogP contribution in [0.4, 0.5) is 0 Å². The van der Waals surface area contributed by atoms with E-state index in [1.54, 1.807) is 12.1 Å². The zero-order valence-electron chi connectivity index (χ0n) is 17.8. The highest BCUT2D eigenvalue weighted by Gasteiger charge is 2.16. The maximum atomic E-state index is 12.2. The number of pyridine rings is 1. The minimum atomic E-state index is -0.531. The van der Waals surface area contributed by atoms with Crippen molar-refractivity contribution >= 4 is 5.97 Å². The van der Waals surface area contributed by atoms with E-state index in [1.165, 1.54) is 7.11 Å². The Morgan fingerprint density at radius 3 is 2.60 bits per heavy atom. The average Bonchev–Trinajstić information content (AvgIpc) is 2.79. The van der Waals surface area contributed by atoms with Gasteiger partial charge in [0.05, 0.1) is 7.11 Å². The molecule has 6 nitrogen and oxygen atoms in total. The number of unbranched alkanes of at least 4 members (excludes halogenated alkanes) is 1. The lowest BCUT2D eigenvalue weighted by atomic mass is 10.2. The van der Waals surface area contributed by atoms with Crippen LogP contribution in [0.15, 0.2) is 42.5 Å². The summed E-state index contributed by atoms with van der Waals surface area (Å²) >= 11 is 0. The van der Waals surface area contributed by atoms with Gasteiger partial charge in [-0.3, -0.25) is 0 Å². The molecule has 3 rings (SSSR count). The fourth-order valence-corrected chi connectivity index (χ4v) is 3.23. The Hall–Kier alpha value is -2.88. The second kappa shape index (κ2) is 11.3. The number of carbonyl (C=O) groups excluding carboxylic acids is 1. The summed E-state index contributed by atoms with van der Waals surface area (Å²) < 4.78 is 10.7. The molecule has 0 saturated carbocycles. The number of hydrogen-bond acceptors (Lipinski definition) is 6. The third-order valence-corrected chi connectivity index (χ3v) is 5.06. The highest BCUT2D eigenvalue weighted by molar-refractivity contribution is 5.90. The highest BCUT2D eigenvalue weighted by Crippen LogP contribution is 2.19. The lowest BCUT2D eigenvalue weighted by Crippen LogP contribution is -2.44. The molecule has 0 N–H and O–H groups in total. The molecule has 1 fully saturated rings. The first-order valence-electron chi connectivity index (χ1n) is 10.3. The summed E-state index contributed by atoms with van der Waals surface area (Å²) in [6.45, 7) is 5.92. The Balaban J connectivity index is 1.56. The van der Waals surface area contributed by atoms with Crippen LogP contribution in [0.5, 0.6) is 5.75 Å². The Bertz CT molecular complexity index is 882. The van der Waals surface area contributed by atoms with Crippen LogP contribution in [-0.2, 0) is 11.3 Å². The summed E-state index contributed by atoms with van der Waals surface area (Å²) in [5.74, 6) is 6.09. The minimum Gasteiger partial charge on any atom is -0.486 e. The van der Waals surface area contributed by atoms with Crippen molar-refractivity contribution < 1.29 is 14.3 Å². The zero-order chi connectivity index (χ0) is 21.2. The van der Waals surface area contributed by atoms with Crippen LogP contribution >= 0.6 is 0 Å². The Labute approximate surface area is 178 Å². The first kappa shape index (κ1) is 21.8. The van der Waals surface area contributed by atoms with Gasteiger partial charge in [0.15, 0.2) is 11.4 Å². The number of benzene rings is 1. The third kappa shape index (κ3) is 6.58. The van der Waals surface area contributed by atoms with Gasteiger partial charge in [0.25, 0.3) is 0 Å². The Morgan fingerprint density at radius 2 is 1.87 bits per heavy atom. The standard InChI is InChI=1S/C24H29N3O3/c1-26-15-17-27(18-16-26)14-8-4-7-11-21-12-13-22(23(25-21)24(28)29-2)30-19-20-9-5-3-6-10-20/h3,5-6,9-10,12-13H,4,8,14-19H2,1-2H3. The smallest absolute Gasteiger partial charge is 0.360 e. The molecule has 6 heteroatoms. The van der Waals surface area contributed by atoms with Crippen molar-refractivity contribution in [3.63, 3.8) is 0 Å². The largest absolute Gasteiger partial charge is 0.486 e. The average molecular weight is 408 g/mol. The molecule has 1 saturated heterocycles. The van der Waals surface area contributed by atoms with Gasteiger partial charge in [-0.1, -0.05) is 36.3 Å². The quantitative estimate of drug-likeness (QED) is 0.400. The SMILES string of the molecule is COC(=O)c1nc(C#CCCCN2CCN(C)CC2)ccc1OCc1ccccc1. The topological polar surface area (TPSA) is 54.9 Å². The van der Waals surface area contributed by atoms with E-state index in [0.29, 0.717) is 18.1 Å². The molecule has 0 amide bonds. The number of likely N-dealkylation sites (N-methyl/N-ethyl adjacent to an activating group) is 1. The number of ether oxygens (including phenoxy) is 2. The van der Waals surface area contributed by atoms with Crippen molar-refractivity contribution in [1.29, 1.82) is 0 Å². The van der Waals surface area contributed by atoms with E-state index in [4.69, 9.17) is 9.47 Å². The summed E-state index contributed by atoms with van der Waals surface area (Å²) in [7, 11) is 3.50. The molecular weight excluding hydrogens is 378 g/mol. The van der Waals surface area contributed by atoms with Crippen molar-refractivity contribution in [1.82, 2.24) is 14.8 Å². The second-order valence-electron chi connectivity index (χ2n) is 7.36. The number of aromatic nitrogens is 1. The normalized spacial score (nSPS) is 14.6. The van der Waals surface area contributed by atoms with E-state index in [9.17, 15) is 4.79 Å². The van der Waals surface area contributed by atoms with Gasteiger partial charge in [-0.05, 0) is 43.6 Å². The van der Waals surface area contributed by atoms with Crippen molar-refractivity contribution in [3.05, 3.63) is 59.4 Å². The second-order valence-corrected chi connectivity index (χ2v) is 7.36. The van der Waals surface area contributed by atoms with Gasteiger partial charge < -0.3 is 19.3 Å². The molecule has 30 heavy (non-hydrogen) atoms. The van der Waals surface area contributed by atoms with E-state index in [0.717, 1.165) is 51.1 Å². The number of carbonyl (C=O) groups is 1. The van der Waals surface area contributed by atoms with Gasteiger partial charge >= 0.3 is 5.97 Å². The van der Waals surface area contributed by atoms with Crippen LogP contribution in [-0.4, -0.2) is 67.6 Å². The van der Waals surface area contributed by atoms with Crippen LogP contribution in [0.3, 0.4) is 0 Å². The highest BCUT2D eigenvalue weighted by atomic mass is 16.5. The molecule has 1 aliphatic heterocycles.